The highest BCUT2D eigenvalue weighted by Crippen LogP contribution is 2.29. The molecule has 1 aliphatic rings. The van der Waals surface area contributed by atoms with Gasteiger partial charge in [0, 0.05) is 29.6 Å². The molecule has 0 radical (unpaired) electrons. The second-order valence-corrected chi connectivity index (χ2v) is 8.35. The van der Waals surface area contributed by atoms with E-state index in [1.165, 1.54) is 0 Å². The van der Waals surface area contributed by atoms with Crippen molar-refractivity contribution in [1.29, 1.82) is 0 Å². The van der Waals surface area contributed by atoms with Crippen molar-refractivity contribution in [3.63, 3.8) is 0 Å². The van der Waals surface area contributed by atoms with Crippen LogP contribution in [0.2, 0.25) is 0 Å². The first-order chi connectivity index (χ1) is 9.71. The van der Waals surface area contributed by atoms with Gasteiger partial charge in [0.25, 0.3) is 0 Å². The van der Waals surface area contributed by atoms with Gasteiger partial charge >= 0.3 is 12.0 Å². The van der Waals surface area contributed by atoms with Crippen molar-refractivity contribution < 1.29 is 14.7 Å². The number of amides is 2. The summed E-state index contributed by atoms with van der Waals surface area (Å²) in [7, 11) is 0. The highest BCUT2D eigenvalue weighted by molar-refractivity contribution is 8.00. The second kappa shape index (κ2) is 7.92. The summed E-state index contributed by atoms with van der Waals surface area (Å²) in [6, 6.07) is 0.0818. The largest absolute Gasteiger partial charge is 0.481 e. The van der Waals surface area contributed by atoms with Crippen LogP contribution in [-0.2, 0) is 4.79 Å². The number of nitrogens with zero attached hydrogens (tertiary/aromatic N) is 1. The van der Waals surface area contributed by atoms with Gasteiger partial charge in [-0.2, -0.15) is 11.8 Å². The highest BCUT2D eigenvalue weighted by Gasteiger charge is 2.30. The molecule has 1 heterocycles. The lowest BCUT2D eigenvalue weighted by molar-refractivity contribution is -0.141. The van der Waals surface area contributed by atoms with Crippen molar-refractivity contribution in [2.75, 3.05) is 18.8 Å². The highest BCUT2D eigenvalue weighted by atomic mass is 32.2. The van der Waals surface area contributed by atoms with Gasteiger partial charge in [0.15, 0.2) is 0 Å². The van der Waals surface area contributed by atoms with Gasteiger partial charge in [-0.15, -0.1) is 0 Å². The fraction of sp³-hybridized carbons (Fsp3) is 0.867. The smallest absolute Gasteiger partial charge is 0.317 e. The lowest BCUT2D eigenvalue weighted by atomic mass is 10.0. The lowest BCUT2D eigenvalue weighted by Gasteiger charge is -2.38. The number of carbonyl (C=O) groups excluding carboxylic acids is 1. The van der Waals surface area contributed by atoms with Crippen molar-refractivity contribution in [3.8, 4) is 0 Å². The molecule has 0 aromatic heterocycles. The summed E-state index contributed by atoms with van der Waals surface area (Å²) in [5.74, 6) is -0.0853. The zero-order valence-electron chi connectivity index (χ0n) is 13.5. The Labute approximate surface area is 131 Å². The van der Waals surface area contributed by atoms with Crippen LogP contribution in [0.3, 0.4) is 0 Å². The summed E-state index contributed by atoms with van der Waals surface area (Å²) in [6.45, 7) is 9.59. The SMILES string of the molecule is CC(CCCC(C)C(=O)O)NC(=O)N1CCSC(C)(C)C1. The summed E-state index contributed by atoms with van der Waals surface area (Å²) in [4.78, 5) is 24.8. The van der Waals surface area contributed by atoms with Gasteiger partial charge in [-0.25, -0.2) is 4.79 Å². The molecular weight excluding hydrogens is 288 g/mol. The van der Waals surface area contributed by atoms with Gasteiger partial charge in [-0.3, -0.25) is 4.79 Å². The van der Waals surface area contributed by atoms with E-state index in [4.69, 9.17) is 5.11 Å². The zero-order valence-corrected chi connectivity index (χ0v) is 14.3. The fourth-order valence-electron chi connectivity index (χ4n) is 2.42. The van der Waals surface area contributed by atoms with Crippen LogP contribution in [0.1, 0.15) is 47.0 Å². The van der Waals surface area contributed by atoms with E-state index in [1.54, 1.807) is 6.92 Å². The minimum atomic E-state index is -0.750. The van der Waals surface area contributed by atoms with Crippen molar-refractivity contribution >= 4 is 23.8 Å². The molecule has 1 fully saturated rings. The maximum absolute atomic E-state index is 12.2. The average molecular weight is 316 g/mol. The van der Waals surface area contributed by atoms with Crippen LogP contribution < -0.4 is 5.32 Å². The zero-order chi connectivity index (χ0) is 16.0. The number of hydrogen-bond donors (Lipinski definition) is 2. The molecule has 2 unspecified atom stereocenters. The molecule has 2 N–H and O–H groups in total. The van der Waals surface area contributed by atoms with Crippen LogP contribution in [-0.4, -0.2) is 51.6 Å². The molecular formula is C15H28N2O3S. The predicted molar refractivity (Wildman–Crippen MR) is 86.8 cm³/mol. The Balaban J connectivity index is 2.29. The summed E-state index contributed by atoms with van der Waals surface area (Å²) in [6.07, 6.45) is 2.29. The van der Waals surface area contributed by atoms with Crippen molar-refractivity contribution in [1.82, 2.24) is 10.2 Å². The molecule has 0 bridgehead atoms. The summed E-state index contributed by atoms with van der Waals surface area (Å²) < 4.78 is 0.121. The Hall–Kier alpha value is -0.910. The molecule has 21 heavy (non-hydrogen) atoms. The summed E-state index contributed by atoms with van der Waals surface area (Å²) in [5.41, 5.74) is 0. The first-order valence-corrected chi connectivity index (χ1v) is 8.62. The number of urea groups is 1. The van der Waals surface area contributed by atoms with Crippen LogP contribution in [0.15, 0.2) is 0 Å². The minimum Gasteiger partial charge on any atom is -0.481 e. The fourth-order valence-corrected chi connectivity index (χ4v) is 3.53. The number of hydrogen-bond acceptors (Lipinski definition) is 3. The molecule has 1 rings (SSSR count). The van der Waals surface area contributed by atoms with E-state index in [0.29, 0.717) is 6.42 Å². The Kier molecular flexibility index (Phi) is 6.84. The van der Waals surface area contributed by atoms with E-state index in [9.17, 15) is 9.59 Å². The molecule has 0 saturated carbocycles. The topological polar surface area (TPSA) is 69.6 Å². The Morgan fingerprint density at radius 1 is 1.33 bits per heavy atom. The number of rotatable bonds is 6. The van der Waals surface area contributed by atoms with Gasteiger partial charge in [0.1, 0.15) is 0 Å². The number of thioether (sulfide) groups is 1. The summed E-state index contributed by atoms with van der Waals surface area (Å²) in [5, 5.41) is 11.9. The van der Waals surface area contributed by atoms with E-state index in [1.807, 2.05) is 23.6 Å². The van der Waals surface area contributed by atoms with Crippen LogP contribution >= 0.6 is 11.8 Å². The van der Waals surface area contributed by atoms with Crippen molar-refractivity contribution in [2.24, 2.45) is 5.92 Å². The number of nitrogens with one attached hydrogen (secondary N) is 1. The maximum atomic E-state index is 12.2. The number of carboxylic acid groups (broad SMARTS) is 1. The second-order valence-electron chi connectivity index (χ2n) is 6.55. The minimum absolute atomic E-state index is 0.00200. The van der Waals surface area contributed by atoms with Crippen LogP contribution in [0.4, 0.5) is 4.79 Å². The Bertz CT molecular complexity index is 374. The van der Waals surface area contributed by atoms with Gasteiger partial charge in [-0.05, 0) is 33.6 Å². The van der Waals surface area contributed by atoms with Gasteiger partial charge in [-0.1, -0.05) is 13.3 Å². The molecule has 0 spiro atoms. The molecule has 6 heteroatoms. The van der Waals surface area contributed by atoms with E-state index < -0.39 is 5.97 Å². The van der Waals surface area contributed by atoms with Gasteiger partial charge in [0.05, 0.1) is 5.92 Å². The molecule has 0 aliphatic carbocycles. The first kappa shape index (κ1) is 18.1. The predicted octanol–water partition coefficient (Wildman–Crippen LogP) is 2.80. The van der Waals surface area contributed by atoms with Crippen molar-refractivity contribution in [3.05, 3.63) is 0 Å². The van der Waals surface area contributed by atoms with Gasteiger partial charge in [0.2, 0.25) is 0 Å². The van der Waals surface area contributed by atoms with E-state index in [2.05, 4.69) is 19.2 Å². The average Bonchev–Trinajstić information content (AvgIpc) is 2.37. The molecule has 2 amide bonds. The normalized spacial score (nSPS) is 20.7. The third-order valence-corrected chi connectivity index (χ3v) is 5.08. The standard InChI is InChI=1S/C15H28N2O3S/c1-11(13(18)19)6-5-7-12(2)16-14(20)17-8-9-21-15(3,4)10-17/h11-12H,5-10H2,1-4H3,(H,16,20)(H,18,19). The third kappa shape index (κ3) is 6.59. The van der Waals surface area contributed by atoms with Crippen molar-refractivity contribution in [2.45, 2.75) is 57.7 Å². The molecule has 0 aromatic rings. The quantitative estimate of drug-likeness (QED) is 0.790. The van der Waals surface area contributed by atoms with E-state index >= 15 is 0 Å². The molecule has 2 atom stereocenters. The maximum Gasteiger partial charge on any atom is 0.317 e. The van der Waals surface area contributed by atoms with Crippen LogP contribution in [0.5, 0.6) is 0 Å². The molecule has 1 saturated heterocycles. The van der Waals surface area contributed by atoms with Crippen LogP contribution in [0.25, 0.3) is 0 Å². The molecule has 1 aliphatic heterocycles. The Morgan fingerprint density at radius 3 is 2.57 bits per heavy atom. The molecule has 122 valence electrons. The Morgan fingerprint density at radius 2 is 2.00 bits per heavy atom. The number of carboxylic acids is 1. The lowest BCUT2D eigenvalue weighted by Crippen LogP contribution is -2.51. The summed E-state index contributed by atoms with van der Waals surface area (Å²) >= 11 is 1.90. The molecule has 0 aromatic carbocycles. The molecule has 5 nitrogen and oxygen atoms in total. The monoisotopic (exact) mass is 316 g/mol. The van der Waals surface area contributed by atoms with Crippen LogP contribution in [0, 0.1) is 5.92 Å². The first-order valence-electron chi connectivity index (χ1n) is 7.63. The van der Waals surface area contributed by atoms with E-state index in [0.717, 1.165) is 31.7 Å². The third-order valence-electron chi connectivity index (χ3n) is 3.78. The number of carbonyl (C=O) groups is 2. The van der Waals surface area contributed by atoms with Gasteiger partial charge < -0.3 is 15.3 Å². The van der Waals surface area contributed by atoms with E-state index in [-0.39, 0.29) is 22.7 Å². The number of aliphatic carboxylic acids is 1.